The van der Waals surface area contributed by atoms with Crippen molar-refractivity contribution in [1.29, 1.82) is 0 Å². The van der Waals surface area contributed by atoms with Gasteiger partial charge < -0.3 is 0 Å². The van der Waals surface area contributed by atoms with Gasteiger partial charge in [-0.1, -0.05) is 0 Å². The normalized spacial score (nSPS) is 17.4. The summed E-state index contributed by atoms with van der Waals surface area (Å²) in [7, 11) is 0. The maximum Gasteiger partial charge on any atom is 0.238 e. The van der Waals surface area contributed by atoms with Gasteiger partial charge in [-0.2, -0.15) is 0 Å². The maximum atomic E-state index is 12.4. The van der Waals surface area contributed by atoms with Crippen LogP contribution in [-0.4, -0.2) is 12.1 Å². The van der Waals surface area contributed by atoms with Crippen molar-refractivity contribution in [2.24, 2.45) is 0 Å². The Kier molecular flexibility index (Phi) is 3.68. The highest BCUT2D eigenvalue weighted by Gasteiger charge is 2.24. The van der Waals surface area contributed by atoms with E-state index in [0.717, 1.165) is 6.92 Å². The molecule has 0 amide bonds. The van der Waals surface area contributed by atoms with Gasteiger partial charge in [0.05, 0.1) is 0 Å². The molecule has 0 fully saturated rings. The van der Waals surface area contributed by atoms with Crippen molar-refractivity contribution in [1.82, 2.24) is 0 Å². The molecular weight excluding hydrogens is 148 g/mol. The fraction of sp³-hybridized carbons (Fsp3) is 0.833. The number of hydrogen-bond donors (Lipinski definition) is 0. The topological polar surface area (TPSA) is 0 Å². The molecule has 1 unspecified atom stereocenters. The van der Waals surface area contributed by atoms with E-state index in [1.807, 2.05) is 0 Å². The molecule has 61 valence electrons. The molecule has 0 aromatic heterocycles. The summed E-state index contributed by atoms with van der Waals surface area (Å²) in [4.78, 5) is 0. The molecule has 0 aromatic carbocycles. The van der Waals surface area contributed by atoms with E-state index < -0.39 is 24.9 Å². The average molecular weight is 157 g/mol. The van der Waals surface area contributed by atoms with Crippen molar-refractivity contribution in [3.8, 4) is 0 Å². The van der Waals surface area contributed by atoms with Crippen LogP contribution in [0.4, 0.5) is 17.6 Å². The smallest absolute Gasteiger partial charge is 0.238 e. The monoisotopic (exact) mass is 157 g/mol. The SMILES string of the molecule is CC(F)([CH]F)CCC(F)F. The molecule has 0 saturated heterocycles. The van der Waals surface area contributed by atoms with Crippen LogP contribution in [0, 0.1) is 6.67 Å². The Morgan fingerprint density at radius 1 is 1.50 bits per heavy atom. The molecule has 0 spiro atoms. The van der Waals surface area contributed by atoms with E-state index in [-0.39, 0.29) is 6.67 Å². The van der Waals surface area contributed by atoms with Crippen LogP contribution in [0.25, 0.3) is 0 Å². The second-order valence-corrected chi connectivity index (χ2v) is 2.32. The van der Waals surface area contributed by atoms with Gasteiger partial charge in [-0.15, -0.1) is 0 Å². The third-order valence-corrected chi connectivity index (χ3v) is 1.08. The summed E-state index contributed by atoms with van der Waals surface area (Å²) in [6.07, 6.45) is -3.63. The first-order valence-corrected chi connectivity index (χ1v) is 2.89. The Bertz CT molecular complexity index is 89.7. The first kappa shape index (κ1) is 9.72. The summed E-state index contributed by atoms with van der Waals surface area (Å²) in [6, 6.07) is 0. The molecule has 10 heavy (non-hydrogen) atoms. The molecular formula is C6H9F4. The molecule has 0 aliphatic rings. The summed E-state index contributed by atoms with van der Waals surface area (Å²) in [5.74, 6) is 0. The van der Waals surface area contributed by atoms with Crippen molar-refractivity contribution in [2.45, 2.75) is 31.9 Å². The Balaban J connectivity index is 3.46. The minimum atomic E-state index is -2.56. The molecule has 0 nitrogen and oxygen atoms in total. The summed E-state index contributed by atoms with van der Waals surface area (Å²) in [5, 5.41) is 0. The fourth-order valence-electron chi connectivity index (χ4n) is 0.446. The lowest BCUT2D eigenvalue weighted by Gasteiger charge is -2.13. The standard InChI is InChI=1S/C6H9F4/c1-6(10,4-7)3-2-5(8)9/h4-5H,2-3H2,1H3. The molecule has 0 heterocycles. The highest BCUT2D eigenvalue weighted by molar-refractivity contribution is 4.81. The van der Waals surface area contributed by atoms with E-state index in [1.165, 1.54) is 0 Å². The number of halogens is 4. The minimum absolute atomic E-state index is 0.199. The largest absolute Gasteiger partial charge is 0.241 e. The van der Waals surface area contributed by atoms with Gasteiger partial charge in [-0.05, 0) is 13.3 Å². The predicted octanol–water partition coefficient (Wildman–Crippen LogP) is 2.89. The predicted molar refractivity (Wildman–Crippen MR) is 30.2 cm³/mol. The summed E-state index contributed by atoms with van der Waals surface area (Å²) in [6.45, 7) is 0.727. The number of alkyl halides is 3. The quantitative estimate of drug-likeness (QED) is 0.550. The van der Waals surface area contributed by atoms with Gasteiger partial charge >= 0.3 is 0 Å². The molecule has 0 rings (SSSR count). The zero-order valence-electron chi connectivity index (χ0n) is 5.58. The van der Waals surface area contributed by atoms with Gasteiger partial charge in [-0.25, -0.2) is 17.6 Å². The van der Waals surface area contributed by atoms with Gasteiger partial charge in [0.1, 0.15) is 5.67 Å². The Hall–Kier alpha value is -0.280. The third kappa shape index (κ3) is 4.58. The Labute approximate surface area is 57.2 Å². The average Bonchev–Trinajstić information content (AvgIpc) is 1.85. The van der Waals surface area contributed by atoms with E-state index >= 15 is 0 Å². The van der Waals surface area contributed by atoms with E-state index in [1.54, 1.807) is 0 Å². The second kappa shape index (κ2) is 3.78. The maximum absolute atomic E-state index is 12.4. The number of rotatable bonds is 4. The summed E-state index contributed by atoms with van der Waals surface area (Å²) in [5.41, 5.74) is -2.20. The lowest BCUT2D eigenvalue weighted by molar-refractivity contribution is 0.0956. The van der Waals surface area contributed by atoms with E-state index in [9.17, 15) is 17.6 Å². The highest BCUT2D eigenvalue weighted by Crippen LogP contribution is 2.23. The van der Waals surface area contributed by atoms with Crippen LogP contribution >= 0.6 is 0 Å². The van der Waals surface area contributed by atoms with E-state index in [2.05, 4.69) is 0 Å². The van der Waals surface area contributed by atoms with Crippen LogP contribution in [-0.2, 0) is 0 Å². The molecule has 0 bridgehead atoms. The van der Waals surface area contributed by atoms with Crippen molar-refractivity contribution in [3.05, 3.63) is 6.67 Å². The van der Waals surface area contributed by atoms with Crippen LogP contribution in [0.15, 0.2) is 0 Å². The van der Waals surface area contributed by atoms with Crippen LogP contribution in [0.5, 0.6) is 0 Å². The molecule has 0 aromatic rings. The summed E-state index contributed by atoms with van der Waals surface area (Å²) >= 11 is 0. The number of hydrogen-bond acceptors (Lipinski definition) is 0. The molecule has 0 aliphatic carbocycles. The highest BCUT2D eigenvalue weighted by atomic mass is 19.3. The first-order chi connectivity index (χ1) is 4.48. The van der Waals surface area contributed by atoms with Crippen LogP contribution < -0.4 is 0 Å². The van der Waals surface area contributed by atoms with Gasteiger partial charge in [0.25, 0.3) is 0 Å². The third-order valence-electron chi connectivity index (χ3n) is 1.08. The molecule has 1 atom stereocenters. The summed E-state index contributed by atoms with van der Waals surface area (Å²) < 4.78 is 46.7. The fourth-order valence-corrected chi connectivity index (χ4v) is 0.446. The zero-order chi connectivity index (χ0) is 8.20. The van der Waals surface area contributed by atoms with Gasteiger partial charge in [0, 0.05) is 6.42 Å². The van der Waals surface area contributed by atoms with Crippen LogP contribution in [0.2, 0.25) is 0 Å². The van der Waals surface area contributed by atoms with Crippen molar-refractivity contribution >= 4 is 0 Å². The minimum Gasteiger partial charge on any atom is -0.241 e. The Morgan fingerprint density at radius 3 is 2.30 bits per heavy atom. The van der Waals surface area contributed by atoms with Gasteiger partial charge in [-0.3, -0.25) is 0 Å². The Morgan fingerprint density at radius 2 is 2.00 bits per heavy atom. The molecule has 0 N–H and O–H groups in total. The first-order valence-electron chi connectivity index (χ1n) is 2.89. The molecule has 4 heteroatoms. The van der Waals surface area contributed by atoms with Crippen LogP contribution in [0.3, 0.4) is 0 Å². The van der Waals surface area contributed by atoms with Crippen molar-refractivity contribution < 1.29 is 17.6 Å². The van der Waals surface area contributed by atoms with Gasteiger partial charge in [0.15, 0.2) is 6.67 Å². The molecule has 0 aliphatic heterocycles. The van der Waals surface area contributed by atoms with Crippen molar-refractivity contribution in [3.63, 3.8) is 0 Å². The zero-order valence-corrected chi connectivity index (χ0v) is 5.58. The molecule has 1 radical (unpaired) electrons. The van der Waals surface area contributed by atoms with Crippen LogP contribution in [0.1, 0.15) is 19.8 Å². The lowest BCUT2D eigenvalue weighted by Crippen LogP contribution is -2.17. The van der Waals surface area contributed by atoms with Gasteiger partial charge in [0.2, 0.25) is 6.43 Å². The van der Waals surface area contributed by atoms with E-state index in [4.69, 9.17) is 0 Å². The lowest BCUT2D eigenvalue weighted by atomic mass is 10.0. The second-order valence-electron chi connectivity index (χ2n) is 2.32. The van der Waals surface area contributed by atoms with E-state index in [0.29, 0.717) is 0 Å². The molecule has 0 saturated carbocycles. The van der Waals surface area contributed by atoms with Crippen molar-refractivity contribution in [2.75, 3.05) is 0 Å².